The molecular formula is C22H27N5O2. The van der Waals surface area contributed by atoms with E-state index in [0.29, 0.717) is 29.4 Å². The van der Waals surface area contributed by atoms with Gasteiger partial charge in [0.05, 0.1) is 18.7 Å². The zero-order valence-electron chi connectivity index (χ0n) is 16.9. The largest absolute Gasteiger partial charge is 0.497 e. The van der Waals surface area contributed by atoms with Crippen molar-refractivity contribution >= 4 is 11.9 Å². The number of nitrogens with zero attached hydrogens (tertiary/aromatic N) is 4. The molecule has 2 aromatic rings. The lowest BCUT2D eigenvalue weighted by Crippen LogP contribution is -2.60. The second-order valence-electron chi connectivity index (χ2n) is 8.24. The highest BCUT2D eigenvalue weighted by molar-refractivity contribution is 5.94. The van der Waals surface area contributed by atoms with Gasteiger partial charge >= 0.3 is 0 Å². The third-order valence-corrected chi connectivity index (χ3v) is 6.92. The monoisotopic (exact) mass is 393 g/mol. The molecule has 0 saturated carbocycles. The maximum atomic E-state index is 13.4. The van der Waals surface area contributed by atoms with Gasteiger partial charge in [-0.05, 0) is 49.5 Å². The average molecular weight is 393 g/mol. The quantitative estimate of drug-likeness (QED) is 0.859. The minimum atomic E-state index is 0.0485. The summed E-state index contributed by atoms with van der Waals surface area (Å²) in [5, 5.41) is 2.90. The van der Waals surface area contributed by atoms with E-state index < -0.39 is 0 Å². The molecule has 7 heteroatoms. The van der Waals surface area contributed by atoms with E-state index in [1.54, 1.807) is 26.6 Å². The molecule has 1 N–H and O–H groups in total. The first-order valence-corrected chi connectivity index (χ1v) is 10.4. The summed E-state index contributed by atoms with van der Waals surface area (Å²) in [7, 11) is 3.46. The highest BCUT2D eigenvalue weighted by Crippen LogP contribution is 2.47. The number of hydrogen-bond acceptors (Lipinski definition) is 6. The van der Waals surface area contributed by atoms with E-state index in [1.165, 1.54) is 18.4 Å². The molecule has 2 bridgehead atoms. The molecule has 5 heterocycles. The van der Waals surface area contributed by atoms with Crippen LogP contribution in [0, 0.1) is 5.92 Å². The number of ether oxygens (including phenoxy) is 1. The standard InChI is InChI=1S/C22H27N5O2/c1-23-22-24-11-16(12-25-22)21(28)27-13-18(14-3-5-17(29-2)6-4-14)20-19(27)15-7-9-26(20)10-8-15/h3-6,11-12,15,18-20H,7-10,13H2,1-2H3,(H,23,24,25)/t18-,19+,20+/m0/s1. The maximum absolute atomic E-state index is 13.4. The number of fused-ring (bicyclic) bond motifs is 2. The van der Waals surface area contributed by atoms with Crippen molar-refractivity contribution in [1.82, 2.24) is 19.8 Å². The Labute approximate surface area is 171 Å². The minimum absolute atomic E-state index is 0.0485. The van der Waals surface area contributed by atoms with E-state index in [9.17, 15) is 4.79 Å². The predicted molar refractivity (Wildman–Crippen MR) is 110 cm³/mol. The summed E-state index contributed by atoms with van der Waals surface area (Å²) in [5.41, 5.74) is 1.85. The van der Waals surface area contributed by atoms with Crippen molar-refractivity contribution in [1.29, 1.82) is 0 Å². The molecule has 7 nitrogen and oxygen atoms in total. The third kappa shape index (κ3) is 3.04. The van der Waals surface area contributed by atoms with Crippen LogP contribution in [0.25, 0.3) is 0 Å². The Morgan fingerprint density at radius 3 is 2.41 bits per heavy atom. The highest BCUT2D eigenvalue weighted by atomic mass is 16.5. The molecule has 0 unspecified atom stereocenters. The fourth-order valence-corrected chi connectivity index (χ4v) is 5.53. The number of amides is 1. The first-order valence-electron chi connectivity index (χ1n) is 10.4. The molecule has 0 aliphatic carbocycles. The van der Waals surface area contributed by atoms with Gasteiger partial charge in [-0.25, -0.2) is 9.97 Å². The lowest BCUT2D eigenvalue weighted by molar-refractivity contribution is -0.00343. The Bertz CT molecular complexity index is 877. The number of carbonyl (C=O) groups excluding carboxylic acids is 1. The summed E-state index contributed by atoms with van der Waals surface area (Å²) in [6, 6.07) is 9.01. The number of benzene rings is 1. The fourth-order valence-electron chi connectivity index (χ4n) is 5.53. The molecule has 6 rings (SSSR count). The van der Waals surface area contributed by atoms with Gasteiger partial charge in [0.1, 0.15) is 5.75 Å². The predicted octanol–water partition coefficient (Wildman–Crippen LogP) is 2.23. The van der Waals surface area contributed by atoms with Gasteiger partial charge in [-0.3, -0.25) is 9.69 Å². The molecule has 1 aromatic carbocycles. The Hall–Kier alpha value is -2.67. The summed E-state index contributed by atoms with van der Waals surface area (Å²) in [4.78, 5) is 26.6. The van der Waals surface area contributed by atoms with Crippen molar-refractivity contribution in [2.24, 2.45) is 5.92 Å². The van der Waals surface area contributed by atoms with Crippen LogP contribution in [0.15, 0.2) is 36.7 Å². The summed E-state index contributed by atoms with van der Waals surface area (Å²) >= 11 is 0. The van der Waals surface area contributed by atoms with Gasteiger partial charge in [0.25, 0.3) is 5.91 Å². The zero-order chi connectivity index (χ0) is 20.0. The number of likely N-dealkylation sites (tertiary alicyclic amines) is 1. The Morgan fingerprint density at radius 2 is 1.79 bits per heavy atom. The SMILES string of the molecule is CNc1ncc(C(=O)N2C[C@@H](c3ccc(OC)cc3)[C@@H]3[C@H]2C2CCN3CC2)cn1. The zero-order valence-corrected chi connectivity index (χ0v) is 16.9. The molecule has 1 aromatic heterocycles. The molecule has 3 atom stereocenters. The Morgan fingerprint density at radius 1 is 1.10 bits per heavy atom. The van der Waals surface area contributed by atoms with E-state index >= 15 is 0 Å². The molecule has 1 amide bonds. The molecule has 4 aliphatic heterocycles. The summed E-state index contributed by atoms with van der Waals surface area (Å²) in [5.74, 6) is 2.33. The van der Waals surface area contributed by atoms with Crippen molar-refractivity contribution in [3.8, 4) is 5.75 Å². The van der Waals surface area contributed by atoms with Crippen molar-refractivity contribution in [3.63, 3.8) is 0 Å². The number of methoxy groups -OCH3 is 1. The van der Waals surface area contributed by atoms with Crippen molar-refractivity contribution in [2.45, 2.75) is 30.8 Å². The minimum Gasteiger partial charge on any atom is -0.497 e. The summed E-state index contributed by atoms with van der Waals surface area (Å²) < 4.78 is 5.33. The van der Waals surface area contributed by atoms with Crippen LogP contribution in [0.4, 0.5) is 5.95 Å². The number of piperidine rings is 3. The van der Waals surface area contributed by atoms with Crippen LogP contribution in [-0.4, -0.2) is 71.6 Å². The van der Waals surface area contributed by atoms with Gasteiger partial charge in [0.2, 0.25) is 5.95 Å². The molecule has 0 radical (unpaired) electrons. The fraction of sp³-hybridized carbons (Fsp3) is 0.500. The number of nitrogens with one attached hydrogen (secondary N) is 1. The van der Waals surface area contributed by atoms with E-state index in [0.717, 1.165) is 25.4 Å². The van der Waals surface area contributed by atoms with Crippen LogP contribution < -0.4 is 10.1 Å². The van der Waals surface area contributed by atoms with Crippen LogP contribution in [0.5, 0.6) is 5.75 Å². The molecule has 4 saturated heterocycles. The first-order chi connectivity index (χ1) is 14.2. The second-order valence-corrected chi connectivity index (χ2v) is 8.24. The lowest BCUT2D eigenvalue weighted by Gasteiger charge is -2.51. The molecule has 4 fully saturated rings. The lowest BCUT2D eigenvalue weighted by atomic mass is 9.75. The smallest absolute Gasteiger partial charge is 0.257 e. The number of hydrogen-bond donors (Lipinski definition) is 1. The molecular weight excluding hydrogens is 366 g/mol. The van der Waals surface area contributed by atoms with Gasteiger partial charge in [-0.15, -0.1) is 0 Å². The van der Waals surface area contributed by atoms with Crippen LogP contribution in [0.3, 0.4) is 0 Å². The van der Waals surface area contributed by atoms with Crippen LogP contribution in [0.1, 0.15) is 34.7 Å². The normalized spacial score (nSPS) is 30.1. The molecule has 152 valence electrons. The highest BCUT2D eigenvalue weighted by Gasteiger charge is 2.54. The number of anilines is 1. The average Bonchev–Trinajstić information content (AvgIpc) is 3.22. The Balaban J connectivity index is 1.47. The Kier molecular flexibility index (Phi) is 4.62. The number of rotatable bonds is 4. The van der Waals surface area contributed by atoms with E-state index in [4.69, 9.17) is 4.74 Å². The van der Waals surface area contributed by atoms with Crippen molar-refractivity contribution < 1.29 is 9.53 Å². The second kappa shape index (κ2) is 7.30. The number of carbonyl (C=O) groups is 1. The first kappa shape index (κ1) is 18.4. The maximum Gasteiger partial charge on any atom is 0.257 e. The van der Waals surface area contributed by atoms with Gasteiger partial charge in [0.15, 0.2) is 0 Å². The van der Waals surface area contributed by atoms with Crippen molar-refractivity contribution in [3.05, 3.63) is 47.8 Å². The third-order valence-electron chi connectivity index (χ3n) is 6.92. The van der Waals surface area contributed by atoms with Gasteiger partial charge < -0.3 is 15.0 Å². The summed E-state index contributed by atoms with van der Waals surface area (Å²) in [6.07, 6.45) is 5.63. The van der Waals surface area contributed by atoms with E-state index in [1.807, 2.05) is 12.1 Å². The van der Waals surface area contributed by atoms with E-state index in [-0.39, 0.29) is 11.9 Å². The molecule has 4 aliphatic rings. The van der Waals surface area contributed by atoms with E-state index in [2.05, 4.69) is 37.2 Å². The van der Waals surface area contributed by atoms with Crippen LogP contribution in [0.2, 0.25) is 0 Å². The van der Waals surface area contributed by atoms with Gasteiger partial charge in [-0.2, -0.15) is 0 Å². The number of aromatic nitrogens is 2. The van der Waals surface area contributed by atoms with Gasteiger partial charge in [0, 0.05) is 37.9 Å². The summed E-state index contributed by atoms with van der Waals surface area (Å²) in [6.45, 7) is 3.02. The topological polar surface area (TPSA) is 70.6 Å². The van der Waals surface area contributed by atoms with Crippen molar-refractivity contribution in [2.75, 3.05) is 39.1 Å². The van der Waals surface area contributed by atoms with Crippen LogP contribution >= 0.6 is 0 Å². The van der Waals surface area contributed by atoms with Gasteiger partial charge in [-0.1, -0.05) is 12.1 Å². The molecule has 29 heavy (non-hydrogen) atoms. The molecule has 0 spiro atoms. The van der Waals surface area contributed by atoms with Crippen LogP contribution in [-0.2, 0) is 0 Å².